The summed E-state index contributed by atoms with van der Waals surface area (Å²) in [6.07, 6.45) is 0.672. The van der Waals surface area contributed by atoms with Crippen molar-refractivity contribution < 1.29 is 13.2 Å². The first-order valence-electron chi connectivity index (χ1n) is 5.66. The minimum atomic E-state index is -3.63. The van der Waals surface area contributed by atoms with E-state index in [4.69, 9.17) is 0 Å². The van der Waals surface area contributed by atoms with Crippen LogP contribution in [0, 0.1) is 6.92 Å². The molecule has 0 aliphatic carbocycles. The van der Waals surface area contributed by atoms with Gasteiger partial charge in [0.2, 0.25) is 0 Å². The van der Waals surface area contributed by atoms with E-state index in [1.165, 1.54) is 6.07 Å². The largest absolute Gasteiger partial charge is 0.298 e. The summed E-state index contributed by atoms with van der Waals surface area (Å²) < 4.78 is 26.9. The number of carbonyl (C=O) groups excluding carboxylic acids is 1. The van der Waals surface area contributed by atoms with Crippen LogP contribution in [0.5, 0.6) is 0 Å². The Kier molecular flexibility index (Phi) is 3.66. The molecule has 0 unspecified atom stereocenters. The van der Waals surface area contributed by atoms with E-state index in [1.54, 1.807) is 49.4 Å². The summed E-state index contributed by atoms with van der Waals surface area (Å²) in [5.41, 5.74) is 1.46. The van der Waals surface area contributed by atoms with Crippen molar-refractivity contribution in [2.45, 2.75) is 11.8 Å². The van der Waals surface area contributed by atoms with E-state index in [-0.39, 0.29) is 4.90 Å². The van der Waals surface area contributed by atoms with Gasteiger partial charge in [-0.15, -0.1) is 0 Å². The third kappa shape index (κ3) is 3.00. The Labute approximate surface area is 112 Å². The van der Waals surface area contributed by atoms with Crippen molar-refractivity contribution in [2.75, 3.05) is 4.72 Å². The van der Waals surface area contributed by atoms with E-state index < -0.39 is 10.0 Å². The fourth-order valence-corrected chi connectivity index (χ4v) is 3.04. The highest BCUT2D eigenvalue weighted by Gasteiger charge is 2.16. The monoisotopic (exact) mass is 275 g/mol. The van der Waals surface area contributed by atoms with E-state index in [0.717, 1.165) is 0 Å². The van der Waals surface area contributed by atoms with Crippen molar-refractivity contribution in [3.63, 3.8) is 0 Å². The van der Waals surface area contributed by atoms with Crippen LogP contribution in [0.1, 0.15) is 15.9 Å². The van der Waals surface area contributed by atoms with Crippen molar-refractivity contribution in [3.05, 3.63) is 59.7 Å². The Morgan fingerprint density at radius 3 is 2.47 bits per heavy atom. The van der Waals surface area contributed by atoms with Gasteiger partial charge in [0.1, 0.15) is 6.29 Å². The minimum absolute atomic E-state index is 0.228. The van der Waals surface area contributed by atoms with Crippen molar-refractivity contribution in [2.24, 2.45) is 0 Å². The van der Waals surface area contributed by atoms with Gasteiger partial charge in [-0.1, -0.05) is 30.3 Å². The fourth-order valence-electron chi connectivity index (χ4n) is 1.74. The van der Waals surface area contributed by atoms with Crippen LogP contribution in [0.15, 0.2) is 53.4 Å². The Balaban J connectivity index is 2.36. The molecule has 2 aromatic carbocycles. The number of hydrogen-bond donors (Lipinski definition) is 1. The SMILES string of the molecule is Cc1ccccc1S(=O)(=O)Nc1cccc(C=O)c1. The Bertz CT molecular complexity index is 708. The first kappa shape index (κ1) is 13.3. The number of carbonyl (C=O) groups is 1. The quantitative estimate of drug-likeness (QED) is 0.872. The number of anilines is 1. The highest BCUT2D eigenvalue weighted by molar-refractivity contribution is 7.92. The van der Waals surface area contributed by atoms with Crippen LogP contribution in [0.25, 0.3) is 0 Å². The van der Waals surface area contributed by atoms with Crippen LogP contribution in [0.3, 0.4) is 0 Å². The zero-order valence-electron chi connectivity index (χ0n) is 10.3. The van der Waals surface area contributed by atoms with E-state index in [1.807, 2.05) is 0 Å². The molecule has 0 aliphatic heterocycles. The molecule has 0 saturated carbocycles. The van der Waals surface area contributed by atoms with Crippen molar-refractivity contribution in [1.29, 1.82) is 0 Å². The topological polar surface area (TPSA) is 63.2 Å². The molecule has 0 bridgehead atoms. The average molecular weight is 275 g/mol. The normalized spacial score (nSPS) is 11.0. The van der Waals surface area contributed by atoms with Crippen LogP contribution < -0.4 is 4.72 Å². The molecule has 0 fully saturated rings. The van der Waals surface area contributed by atoms with E-state index in [0.29, 0.717) is 23.1 Å². The molecule has 2 aromatic rings. The smallest absolute Gasteiger partial charge is 0.262 e. The highest BCUT2D eigenvalue weighted by atomic mass is 32.2. The van der Waals surface area contributed by atoms with E-state index in [2.05, 4.69) is 4.72 Å². The Morgan fingerprint density at radius 2 is 1.79 bits per heavy atom. The number of benzene rings is 2. The zero-order valence-corrected chi connectivity index (χ0v) is 11.1. The van der Waals surface area contributed by atoms with Gasteiger partial charge in [-0.05, 0) is 30.7 Å². The zero-order chi connectivity index (χ0) is 13.9. The average Bonchev–Trinajstić information content (AvgIpc) is 2.38. The summed E-state index contributed by atoms with van der Waals surface area (Å²) >= 11 is 0. The van der Waals surface area contributed by atoms with Gasteiger partial charge in [0.05, 0.1) is 4.90 Å². The first-order chi connectivity index (χ1) is 9.03. The molecule has 19 heavy (non-hydrogen) atoms. The molecule has 0 radical (unpaired) electrons. The van der Waals surface area contributed by atoms with Crippen LogP contribution >= 0.6 is 0 Å². The molecular weight excluding hydrogens is 262 g/mol. The maximum Gasteiger partial charge on any atom is 0.262 e. The molecular formula is C14H13NO3S. The molecule has 98 valence electrons. The van der Waals surface area contributed by atoms with E-state index in [9.17, 15) is 13.2 Å². The summed E-state index contributed by atoms with van der Waals surface area (Å²) in [6, 6.07) is 13.0. The van der Waals surface area contributed by atoms with Crippen molar-refractivity contribution in [3.8, 4) is 0 Å². The summed E-state index contributed by atoms with van der Waals surface area (Å²) in [5.74, 6) is 0. The van der Waals surface area contributed by atoms with Crippen LogP contribution in [-0.2, 0) is 10.0 Å². The second-order valence-electron chi connectivity index (χ2n) is 4.11. The Morgan fingerprint density at radius 1 is 1.05 bits per heavy atom. The van der Waals surface area contributed by atoms with Gasteiger partial charge in [0, 0.05) is 11.3 Å². The second-order valence-corrected chi connectivity index (χ2v) is 5.77. The predicted molar refractivity (Wildman–Crippen MR) is 73.8 cm³/mol. The van der Waals surface area contributed by atoms with Crippen LogP contribution in [0.2, 0.25) is 0 Å². The molecule has 0 amide bonds. The minimum Gasteiger partial charge on any atom is -0.298 e. The lowest BCUT2D eigenvalue weighted by molar-refractivity contribution is 0.112. The van der Waals surface area contributed by atoms with Gasteiger partial charge in [0.15, 0.2) is 0 Å². The number of nitrogens with one attached hydrogen (secondary N) is 1. The third-order valence-electron chi connectivity index (χ3n) is 2.66. The van der Waals surface area contributed by atoms with E-state index >= 15 is 0 Å². The summed E-state index contributed by atoms with van der Waals surface area (Å²) in [5, 5.41) is 0. The number of aldehydes is 1. The molecule has 0 saturated heterocycles. The van der Waals surface area contributed by atoms with Crippen molar-refractivity contribution in [1.82, 2.24) is 0 Å². The number of aryl methyl sites for hydroxylation is 1. The van der Waals surface area contributed by atoms with Gasteiger partial charge >= 0.3 is 0 Å². The maximum atomic E-state index is 12.2. The first-order valence-corrected chi connectivity index (χ1v) is 7.15. The van der Waals surface area contributed by atoms with Gasteiger partial charge in [0.25, 0.3) is 10.0 Å². The number of rotatable bonds is 4. The van der Waals surface area contributed by atoms with Gasteiger partial charge < -0.3 is 0 Å². The summed E-state index contributed by atoms with van der Waals surface area (Å²) in [4.78, 5) is 10.9. The summed E-state index contributed by atoms with van der Waals surface area (Å²) in [7, 11) is -3.63. The third-order valence-corrected chi connectivity index (χ3v) is 4.20. The van der Waals surface area contributed by atoms with Crippen LogP contribution in [0.4, 0.5) is 5.69 Å². The Hall–Kier alpha value is -2.14. The highest BCUT2D eigenvalue weighted by Crippen LogP contribution is 2.19. The lowest BCUT2D eigenvalue weighted by atomic mass is 10.2. The van der Waals surface area contributed by atoms with Gasteiger partial charge in [-0.25, -0.2) is 8.42 Å². The fraction of sp³-hybridized carbons (Fsp3) is 0.0714. The molecule has 0 heterocycles. The number of sulfonamides is 1. The molecule has 1 N–H and O–H groups in total. The molecule has 0 spiro atoms. The molecule has 4 nitrogen and oxygen atoms in total. The molecule has 5 heteroatoms. The van der Waals surface area contributed by atoms with Crippen LogP contribution in [-0.4, -0.2) is 14.7 Å². The standard InChI is InChI=1S/C14H13NO3S/c1-11-5-2-3-8-14(11)19(17,18)15-13-7-4-6-12(9-13)10-16/h2-10,15H,1H3. The van der Waals surface area contributed by atoms with Gasteiger partial charge in [-0.3, -0.25) is 9.52 Å². The van der Waals surface area contributed by atoms with Crippen molar-refractivity contribution >= 4 is 22.0 Å². The molecule has 0 atom stereocenters. The molecule has 2 rings (SSSR count). The number of hydrogen-bond acceptors (Lipinski definition) is 3. The molecule has 0 aliphatic rings. The predicted octanol–water partition coefficient (Wildman–Crippen LogP) is 2.61. The lowest BCUT2D eigenvalue weighted by Gasteiger charge is -2.10. The summed E-state index contributed by atoms with van der Waals surface area (Å²) in [6.45, 7) is 1.73. The maximum absolute atomic E-state index is 12.2. The lowest BCUT2D eigenvalue weighted by Crippen LogP contribution is -2.14. The van der Waals surface area contributed by atoms with Gasteiger partial charge in [-0.2, -0.15) is 0 Å². The molecule has 0 aromatic heterocycles. The second kappa shape index (κ2) is 5.24.